The van der Waals surface area contributed by atoms with Crippen LogP contribution in [0.15, 0.2) is 41.2 Å². The SMILES string of the molecule is CCCCN(C(=O)c1ccc(Cl)cc1Cl)C(C)c1nc2cc(Cl)ccc2c(=O)n1CC. The van der Waals surface area contributed by atoms with Crippen LogP contribution in [-0.2, 0) is 6.54 Å². The highest BCUT2D eigenvalue weighted by Crippen LogP contribution is 2.27. The lowest BCUT2D eigenvalue weighted by molar-refractivity contribution is 0.0676. The summed E-state index contributed by atoms with van der Waals surface area (Å²) in [5.41, 5.74) is 0.721. The molecule has 8 heteroatoms. The fourth-order valence-corrected chi connectivity index (χ4v) is 4.25. The molecule has 0 aliphatic carbocycles. The highest BCUT2D eigenvalue weighted by molar-refractivity contribution is 6.36. The second-order valence-electron chi connectivity index (χ2n) is 7.33. The van der Waals surface area contributed by atoms with E-state index < -0.39 is 6.04 Å². The molecule has 0 aliphatic rings. The lowest BCUT2D eigenvalue weighted by atomic mass is 10.1. The molecule has 0 radical (unpaired) electrons. The number of carbonyl (C=O) groups excluding carboxylic acids is 1. The predicted octanol–water partition coefficient (Wildman–Crippen LogP) is 6.38. The number of hydrogen-bond donors (Lipinski definition) is 0. The van der Waals surface area contributed by atoms with E-state index in [1.54, 1.807) is 45.9 Å². The fraction of sp³-hybridized carbons (Fsp3) is 0.348. The summed E-state index contributed by atoms with van der Waals surface area (Å²) in [6, 6.07) is 9.39. The van der Waals surface area contributed by atoms with Crippen molar-refractivity contribution < 1.29 is 4.79 Å². The monoisotopic (exact) mass is 479 g/mol. The van der Waals surface area contributed by atoms with E-state index in [0.717, 1.165) is 12.8 Å². The molecular weight excluding hydrogens is 457 g/mol. The van der Waals surface area contributed by atoms with Gasteiger partial charge >= 0.3 is 0 Å². The smallest absolute Gasteiger partial charge is 0.261 e. The van der Waals surface area contributed by atoms with Crippen LogP contribution in [0.2, 0.25) is 15.1 Å². The maximum Gasteiger partial charge on any atom is 0.261 e. The molecule has 5 nitrogen and oxygen atoms in total. The maximum absolute atomic E-state index is 13.5. The topological polar surface area (TPSA) is 55.2 Å². The van der Waals surface area contributed by atoms with Gasteiger partial charge < -0.3 is 4.90 Å². The normalized spacial score (nSPS) is 12.2. The van der Waals surface area contributed by atoms with Gasteiger partial charge in [-0.15, -0.1) is 0 Å². The molecule has 1 amide bonds. The average molecular weight is 481 g/mol. The number of amides is 1. The van der Waals surface area contributed by atoms with Crippen molar-refractivity contribution in [2.45, 2.75) is 46.2 Å². The Balaban J connectivity index is 2.13. The minimum absolute atomic E-state index is 0.154. The third-order valence-electron chi connectivity index (χ3n) is 5.28. The third-order valence-corrected chi connectivity index (χ3v) is 6.06. The molecule has 164 valence electrons. The Morgan fingerprint density at radius 2 is 1.77 bits per heavy atom. The lowest BCUT2D eigenvalue weighted by Crippen LogP contribution is -2.38. The fourth-order valence-electron chi connectivity index (χ4n) is 3.59. The molecule has 0 saturated carbocycles. The van der Waals surface area contributed by atoms with E-state index in [0.29, 0.717) is 45.4 Å². The quantitative estimate of drug-likeness (QED) is 0.394. The van der Waals surface area contributed by atoms with Crippen molar-refractivity contribution in [3.8, 4) is 0 Å². The number of fused-ring (bicyclic) bond motifs is 1. The Bertz CT molecular complexity index is 1180. The Hall–Kier alpha value is -2.08. The highest BCUT2D eigenvalue weighted by atomic mass is 35.5. The Morgan fingerprint density at radius 3 is 2.42 bits per heavy atom. The molecule has 1 atom stereocenters. The van der Waals surface area contributed by atoms with Crippen molar-refractivity contribution >= 4 is 51.6 Å². The summed E-state index contributed by atoms with van der Waals surface area (Å²) in [4.78, 5) is 33.0. The van der Waals surface area contributed by atoms with Crippen molar-refractivity contribution in [3.05, 3.63) is 73.2 Å². The van der Waals surface area contributed by atoms with Crippen LogP contribution in [0.5, 0.6) is 0 Å². The zero-order valence-corrected chi connectivity index (χ0v) is 19.9. The van der Waals surface area contributed by atoms with E-state index in [-0.39, 0.29) is 16.5 Å². The number of aromatic nitrogens is 2. The van der Waals surface area contributed by atoms with Gasteiger partial charge in [-0.1, -0.05) is 48.1 Å². The van der Waals surface area contributed by atoms with Crippen molar-refractivity contribution in [1.82, 2.24) is 14.5 Å². The Labute approximate surface area is 196 Å². The average Bonchev–Trinajstić information content (AvgIpc) is 2.73. The summed E-state index contributed by atoms with van der Waals surface area (Å²) in [5.74, 6) is 0.280. The highest BCUT2D eigenvalue weighted by Gasteiger charge is 2.27. The Morgan fingerprint density at radius 1 is 1.10 bits per heavy atom. The first-order valence-corrected chi connectivity index (χ1v) is 11.4. The number of unbranched alkanes of at least 4 members (excludes halogenated alkanes) is 1. The van der Waals surface area contributed by atoms with Crippen LogP contribution in [0.4, 0.5) is 0 Å². The second kappa shape index (κ2) is 10.0. The van der Waals surface area contributed by atoms with Gasteiger partial charge in [0.25, 0.3) is 11.5 Å². The largest absolute Gasteiger partial charge is 0.329 e. The van der Waals surface area contributed by atoms with Gasteiger partial charge in [-0.05, 0) is 56.7 Å². The standard InChI is InChI=1S/C23H24Cl3N3O2/c1-4-6-11-29(22(30)17-9-7-15(24)12-19(17)26)14(3)21-27-20-13-16(25)8-10-18(20)23(31)28(21)5-2/h7-10,12-14H,4-6,11H2,1-3H3. The third kappa shape index (κ3) is 4.89. The van der Waals surface area contributed by atoms with Gasteiger partial charge in [0, 0.05) is 23.1 Å². The molecule has 0 N–H and O–H groups in total. The lowest BCUT2D eigenvalue weighted by Gasteiger charge is -2.31. The summed E-state index contributed by atoms with van der Waals surface area (Å²) in [6.07, 6.45) is 1.71. The van der Waals surface area contributed by atoms with E-state index in [4.69, 9.17) is 39.8 Å². The van der Waals surface area contributed by atoms with E-state index in [2.05, 4.69) is 6.92 Å². The molecule has 1 unspecified atom stereocenters. The summed E-state index contributed by atoms with van der Waals surface area (Å²) >= 11 is 18.4. The first-order valence-electron chi connectivity index (χ1n) is 10.2. The summed E-state index contributed by atoms with van der Waals surface area (Å²) < 4.78 is 1.61. The molecule has 0 fully saturated rings. The van der Waals surface area contributed by atoms with Crippen LogP contribution in [-0.4, -0.2) is 26.9 Å². The molecule has 3 aromatic rings. The van der Waals surface area contributed by atoms with Gasteiger partial charge in [-0.25, -0.2) is 4.98 Å². The van der Waals surface area contributed by atoms with Crippen LogP contribution >= 0.6 is 34.8 Å². The molecule has 1 heterocycles. The molecule has 2 aromatic carbocycles. The van der Waals surface area contributed by atoms with E-state index in [1.807, 2.05) is 13.8 Å². The van der Waals surface area contributed by atoms with Crippen LogP contribution in [0.25, 0.3) is 10.9 Å². The van der Waals surface area contributed by atoms with Gasteiger partial charge in [0.15, 0.2) is 0 Å². The number of rotatable bonds is 7. The van der Waals surface area contributed by atoms with Crippen molar-refractivity contribution in [2.24, 2.45) is 0 Å². The van der Waals surface area contributed by atoms with Crippen molar-refractivity contribution in [1.29, 1.82) is 0 Å². The molecule has 0 spiro atoms. The van der Waals surface area contributed by atoms with Gasteiger partial charge in [0.1, 0.15) is 5.82 Å². The van der Waals surface area contributed by atoms with Crippen molar-refractivity contribution in [2.75, 3.05) is 6.54 Å². The number of hydrogen-bond acceptors (Lipinski definition) is 3. The summed E-state index contributed by atoms with van der Waals surface area (Å²) in [7, 11) is 0. The minimum atomic E-state index is -0.457. The first-order chi connectivity index (χ1) is 14.8. The number of benzene rings is 2. The summed E-state index contributed by atoms with van der Waals surface area (Å²) in [5, 5.41) is 1.74. The van der Waals surface area contributed by atoms with E-state index in [1.165, 1.54) is 0 Å². The molecule has 1 aromatic heterocycles. The van der Waals surface area contributed by atoms with Gasteiger partial charge in [0.05, 0.1) is 27.5 Å². The van der Waals surface area contributed by atoms with Crippen LogP contribution < -0.4 is 5.56 Å². The zero-order chi connectivity index (χ0) is 22.7. The number of halogens is 3. The molecule has 0 aliphatic heterocycles. The molecule has 31 heavy (non-hydrogen) atoms. The summed E-state index contributed by atoms with van der Waals surface area (Å²) in [6.45, 7) is 6.75. The van der Waals surface area contributed by atoms with E-state index in [9.17, 15) is 9.59 Å². The Kier molecular flexibility index (Phi) is 7.63. The first kappa shape index (κ1) is 23.6. The van der Waals surface area contributed by atoms with Gasteiger partial charge in [-0.3, -0.25) is 14.2 Å². The van der Waals surface area contributed by atoms with E-state index >= 15 is 0 Å². The van der Waals surface area contributed by atoms with Gasteiger partial charge in [0.2, 0.25) is 0 Å². The van der Waals surface area contributed by atoms with Crippen LogP contribution in [0.3, 0.4) is 0 Å². The molecule has 3 rings (SSSR count). The zero-order valence-electron chi connectivity index (χ0n) is 17.7. The molecule has 0 saturated heterocycles. The number of carbonyl (C=O) groups is 1. The number of nitrogens with zero attached hydrogens (tertiary/aromatic N) is 3. The van der Waals surface area contributed by atoms with Crippen LogP contribution in [0.1, 0.15) is 55.8 Å². The second-order valence-corrected chi connectivity index (χ2v) is 8.61. The van der Waals surface area contributed by atoms with Gasteiger partial charge in [-0.2, -0.15) is 0 Å². The molecule has 0 bridgehead atoms. The van der Waals surface area contributed by atoms with Crippen molar-refractivity contribution in [3.63, 3.8) is 0 Å². The van der Waals surface area contributed by atoms with Crippen LogP contribution in [0, 0.1) is 0 Å². The predicted molar refractivity (Wildman–Crippen MR) is 128 cm³/mol. The minimum Gasteiger partial charge on any atom is -0.329 e. The molecular formula is C23H24Cl3N3O2. The maximum atomic E-state index is 13.5.